The van der Waals surface area contributed by atoms with Gasteiger partial charge in [0.15, 0.2) is 11.5 Å². The van der Waals surface area contributed by atoms with Crippen molar-refractivity contribution in [2.24, 2.45) is 0 Å². The van der Waals surface area contributed by atoms with E-state index in [-0.39, 0.29) is 17.7 Å². The van der Waals surface area contributed by atoms with Crippen LogP contribution in [0, 0.1) is 0 Å². The summed E-state index contributed by atoms with van der Waals surface area (Å²) in [5.74, 6) is 1.03. The molecule has 1 N–H and O–H groups in total. The maximum Gasteiger partial charge on any atom is 0.243 e. The van der Waals surface area contributed by atoms with Crippen molar-refractivity contribution in [1.29, 1.82) is 0 Å². The standard InChI is InChI=1S/C16H17N3O4S/c20-24(21,13-3-4-15-16(8-13)23-11-22-15)19-7-6-18-10-14(19)12-2-1-5-17-9-12/h1-5,8-9,14,18H,6-7,10-11H2. The van der Waals surface area contributed by atoms with E-state index >= 15 is 0 Å². The summed E-state index contributed by atoms with van der Waals surface area (Å²) < 4.78 is 38.4. The Bertz CT molecular complexity index is 842. The van der Waals surface area contributed by atoms with Gasteiger partial charge in [-0.3, -0.25) is 4.98 Å². The topological polar surface area (TPSA) is 80.8 Å². The van der Waals surface area contributed by atoms with Crippen molar-refractivity contribution in [2.45, 2.75) is 10.9 Å². The molecule has 0 amide bonds. The number of hydrogen-bond acceptors (Lipinski definition) is 6. The van der Waals surface area contributed by atoms with Crippen molar-refractivity contribution in [3.8, 4) is 11.5 Å². The lowest BCUT2D eigenvalue weighted by atomic mass is 10.1. The first-order valence-electron chi connectivity index (χ1n) is 7.68. The van der Waals surface area contributed by atoms with Crippen molar-refractivity contribution >= 4 is 10.0 Å². The van der Waals surface area contributed by atoms with Crippen LogP contribution in [0.15, 0.2) is 47.6 Å². The van der Waals surface area contributed by atoms with Gasteiger partial charge in [0.2, 0.25) is 16.8 Å². The van der Waals surface area contributed by atoms with E-state index in [2.05, 4.69) is 10.3 Å². The molecule has 0 saturated carbocycles. The van der Waals surface area contributed by atoms with E-state index in [0.717, 1.165) is 5.56 Å². The molecule has 1 aromatic heterocycles. The molecule has 2 aliphatic heterocycles. The number of aromatic nitrogens is 1. The Morgan fingerprint density at radius 2 is 2.08 bits per heavy atom. The molecule has 0 spiro atoms. The molecule has 2 aliphatic rings. The highest BCUT2D eigenvalue weighted by Gasteiger charge is 2.35. The van der Waals surface area contributed by atoms with Crippen molar-refractivity contribution in [3.63, 3.8) is 0 Å². The molecule has 1 atom stereocenters. The maximum absolute atomic E-state index is 13.2. The van der Waals surface area contributed by atoms with Crippen molar-refractivity contribution < 1.29 is 17.9 Å². The van der Waals surface area contributed by atoms with E-state index in [1.807, 2.05) is 12.1 Å². The van der Waals surface area contributed by atoms with Crippen LogP contribution < -0.4 is 14.8 Å². The van der Waals surface area contributed by atoms with Crippen LogP contribution in [0.3, 0.4) is 0 Å². The molecular formula is C16H17N3O4S. The van der Waals surface area contributed by atoms with Crippen LogP contribution in [0.1, 0.15) is 11.6 Å². The van der Waals surface area contributed by atoms with Crippen LogP contribution in [0.5, 0.6) is 11.5 Å². The van der Waals surface area contributed by atoms with E-state index in [1.54, 1.807) is 24.5 Å². The first-order chi connectivity index (χ1) is 11.7. The van der Waals surface area contributed by atoms with Crippen LogP contribution in [0.2, 0.25) is 0 Å². The third-order valence-electron chi connectivity index (χ3n) is 4.21. The van der Waals surface area contributed by atoms with Gasteiger partial charge in [0.1, 0.15) is 0 Å². The average Bonchev–Trinajstić information content (AvgIpc) is 3.10. The van der Waals surface area contributed by atoms with Crippen molar-refractivity contribution in [2.75, 3.05) is 26.4 Å². The van der Waals surface area contributed by atoms with Crippen LogP contribution in [-0.2, 0) is 10.0 Å². The van der Waals surface area contributed by atoms with Gasteiger partial charge >= 0.3 is 0 Å². The SMILES string of the molecule is O=S(=O)(c1ccc2c(c1)OCO2)N1CCNCC1c1cccnc1. The lowest BCUT2D eigenvalue weighted by Gasteiger charge is -2.35. The average molecular weight is 347 g/mol. The van der Waals surface area contributed by atoms with Crippen molar-refractivity contribution in [3.05, 3.63) is 48.3 Å². The summed E-state index contributed by atoms with van der Waals surface area (Å²) in [5, 5.41) is 3.25. The fraction of sp³-hybridized carbons (Fsp3) is 0.312. The van der Waals surface area contributed by atoms with E-state index in [9.17, 15) is 8.42 Å². The van der Waals surface area contributed by atoms with E-state index in [1.165, 1.54) is 10.4 Å². The minimum atomic E-state index is -3.65. The van der Waals surface area contributed by atoms with E-state index in [4.69, 9.17) is 9.47 Å². The Morgan fingerprint density at radius 3 is 2.92 bits per heavy atom. The molecule has 7 nitrogen and oxygen atoms in total. The van der Waals surface area contributed by atoms with Gasteiger partial charge in [-0.1, -0.05) is 6.07 Å². The monoisotopic (exact) mass is 347 g/mol. The van der Waals surface area contributed by atoms with Gasteiger partial charge in [-0.05, 0) is 23.8 Å². The fourth-order valence-corrected chi connectivity index (χ4v) is 4.63. The van der Waals surface area contributed by atoms with Crippen LogP contribution in [0.25, 0.3) is 0 Å². The van der Waals surface area contributed by atoms with Gasteiger partial charge in [0.05, 0.1) is 10.9 Å². The number of benzene rings is 1. The summed E-state index contributed by atoms with van der Waals surface area (Å²) in [5.41, 5.74) is 0.869. The highest BCUT2D eigenvalue weighted by atomic mass is 32.2. The zero-order chi connectivity index (χ0) is 16.6. The third-order valence-corrected chi connectivity index (χ3v) is 6.12. The molecule has 1 saturated heterocycles. The number of pyridine rings is 1. The van der Waals surface area contributed by atoms with E-state index in [0.29, 0.717) is 31.1 Å². The van der Waals surface area contributed by atoms with Gasteiger partial charge in [-0.15, -0.1) is 0 Å². The van der Waals surface area contributed by atoms with Gasteiger partial charge < -0.3 is 14.8 Å². The number of piperazine rings is 1. The van der Waals surface area contributed by atoms with Gasteiger partial charge in [0, 0.05) is 38.1 Å². The molecule has 0 bridgehead atoms. The quantitative estimate of drug-likeness (QED) is 0.897. The Morgan fingerprint density at radius 1 is 1.21 bits per heavy atom. The molecule has 1 fully saturated rings. The second kappa shape index (κ2) is 6.04. The zero-order valence-corrected chi connectivity index (χ0v) is 13.7. The highest BCUT2D eigenvalue weighted by Crippen LogP contribution is 2.36. The smallest absolute Gasteiger partial charge is 0.243 e. The Hall–Kier alpha value is -2.16. The van der Waals surface area contributed by atoms with Crippen LogP contribution in [0.4, 0.5) is 0 Å². The third kappa shape index (κ3) is 2.62. The van der Waals surface area contributed by atoms with Gasteiger partial charge in [0.25, 0.3) is 0 Å². The molecule has 4 rings (SSSR count). The van der Waals surface area contributed by atoms with E-state index < -0.39 is 10.0 Å². The fourth-order valence-electron chi connectivity index (χ4n) is 3.00. The molecule has 3 heterocycles. The number of ether oxygens (including phenoxy) is 2. The lowest BCUT2D eigenvalue weighted by molar-refractivity contribution is 0.174. The predicted octanol–water partition coefficient (Wildman–Crippen LogP) is 1.15. The largest absolute Gasteiger partial charge is 0.454 e. The Balaban J connectivity index is 1.71. The summed E-state index contributed by atoms with van der Waals surface area (Å²) >= 11 is 0. The second-order valence-corrected chi connectivity index (χ2v) is 7.53. The number of fused-ring (bicyclic) bond motifs is 1. The summed E-state index contributed by atoms with van der Waals surface area (Å²) in [6, 6.07) is 8.15. The number of nitrogens with one attached hydrogen (secondary N) is 1. The first-order valence-corrected chi connectivity index (χ1v) is 9.12. The van der Waals surface area contributed by atoms with Gasteiger partial charge in [-0.2, -0.15) is 4.31 Å². The highest BCUT2D eigenvalue weighted by molar-refractivity contribution is 7.89. The van der Waals surface area contributed by atoms with Crippen molar-refractivity contribution in [1.82, 2.24) is 14.6 Å². The summed E-state index contributed by atoms with van der Waals surface area (Å²) in [6.07, 6.45) is 3.39. The molecule has 0 radical (unpaired) electrons. The molecule has 1 aromatic carbocycles. The Labute approximate surface area is 140 Å². The predicted molar refractivity (Wildman–Crippen MR) is 86.3 cm³/mol. The minimum absolute atomic E-state index is 0.116. The molecule has 126 valence electrons. The summed E-state index contributed by atoms with van der Waals surface area (Å²) in [7, 11) is -3.65. The first kappa shape index (κ1) is 15.4. The maximum atomic E-state index is 13.2. The molecule has 2 aromatic rings. The molecule has 1 unspecified atom stereocenters. The second-order valence-electron chi connectivity index (χ2n) is 5.64. The molecule has 24 heavy (non-hydrogen) atoms. The van der Waals surface area contributed by atoms with Crippen LogP contribution in [-0.4, -0.2) is 44.1 Å². The zero-order valence-electron chi connectivity index (χ0n) is 12.9. The Kier molecular flexibility index (Phi) is 3.87. The summed E-state index contributed by atoms with van der Waals surface area (Å²) in [4.78, 5) is 4.32. The number of nitrogens with zero attached hydrogens (tertiary/aromatic N) is 2. The minimum Gasteiger partial charge on any atom is -0.454 e. The normalized spacial score (nSPS) is 20.9. The van der Waals surface area contributed by atoms with Crippen LogP contribution >= 0.6 is 0 Å². The molecule has 8 heteroatoms. The molecular weight excluding hydrogens is 330 g/mol. The lowest BCUT2D eigenvalue weighted by Crippen LogP contribution is -2.48. The number of rotatable bonds is 3. The number of sulfonamides is 1. The van der Waals surface area contributed by atoms with Gasteiger partial charge in [-0.25, -0.2) is 8.42 Å². The molecule has 0 aliphatic carbocycles. The number of hydrogen-bond donors (Lipinski definition) is 1. The summed E-state index contributed by atoms with van der Waals surface area (Å²) in [6.45, 7) is 1.68.